The fourth-order valence-corrected chi connectivity index (χ4v) is 4.64. The summed E-state index contributed by atoms with van der Waals surface area (Å²) in [5.41, 5.74) is 6.73. The minimum atomic E-state index is -0.353. The van der Waals surface area contributed by atoms with Crippen LogP contribution in [-0.2, 0) is 4.79 Å². The van der Waals surface area contributed by atoms with E-state index in [0.717, 1.165) is 30.0 Å². The van der Waals surface area contributed by atoms with Gasteiger partial charge in [-0.05, 0) is 42.6 Å². The van der Waals surface area contributed by atoms with Gasteiger partial charge in [-0.15, -0.1) is 24.2 Å². The Bertz CT molecular complexity index is 745. The zero-order valence-corrected chi connectivity index (χ0v) is 17.3. The predicted molar refractivity (Wildman–Crippen MR) is 112 cm³/mol. The summed E-state index contributed by atoms with van der Waals surface area (Å²) in [6.45, 7) is 2.10. The molecule has 1 fully saturated rings. The normalized spacial score (nSPS) is 17.7. The highest BCUT2D eigenvalue weighted by molar-refractivity contribution is 8.00. The van der Waals surface area contributed by atoms with E-state index >= 15 is 0 Å². The van der Waals surface area contributed by atoms with Crippen LogP contribution in [0.3, 0.4) is 0 Å². The molecular weight excluding hydrogens is 411 g/mol. The van der Waals surface area contributed by atoms with Crippen LogP contribution in [0.25, 0.3) is 0 Å². The average molecular weight is 432 g/mol. The highest BCUT2D eigenvalue weighted by Crippen LogP contribution is 2.41. The zero-order chi connectivity index (χ0) is 17.8. The molecule has 2 atom stereocenters. The van der Waals surface area contributed by atoms with Crippen molar-refractivity contribution >= 4 is 53.3 Å². The summed E-state index contributed by atoms with van der Waals surface area (Å²) in [6, 6.07) is 15.1. The third-order valence-electron chi connectivity index (χ3n) is 4.40. The first-order valence-corrected chi connectivity index (χ1v) is 9.87. The van der Waals surface area contributed by atoms with Crippen LogP contribution in [0.15, 0.2) is 53.4 Å². The number of carbonyl (C=O) groups is 1. The number of carbonyl (C=O) groups excluding carboxylic acids is 1. The number of hydrogen-bond donors (Lipinski definition) is 1. The molecular formula is C19H21Cl3N2OS. The second kappa shape index (κ2) is 9.86. The number of benzene rings is 2. The Balaban J connectivity index is 0.00000243. The van der Waals surface area contributed by atoms with Crippen LogP contribution in [0.1, 0.15) is 17.2 Å². The summed E-state index contributed by atoms with van der Waals surface area (Å²) >= 11 is 13.9. The van der Waals surface area contributed by atoms with Crippen molar-refractivity contribution < 1.29 is 4.79 Å². The van der Waals surface area contributed by atoms with Gasteiger partial charge < -0.3 is 10.6 Å². The highest BCUT2D eigenvalue weighted by Gasteiger charge is 2.32. The van der Waals surface area contributed by atoms with Gasteiger partial charge in [-0.25, -0.2) is 0 Å². The highest BCUT2D eigenvalue weighted by atomic mass is 35.5. The number of nitrogens with zero attached hydrogens (tertiary/aromatic N) is 1. The molecule has 2 N–H and O–H groups in total. The van der Waals surface area contributed by atoms with Gasteiger partial charge in [0.25, 0.3) is 0 Å². The Labute approximate surface area is 174 Å². The van der Waals surface area contributed by atoms with Crippen LogP contribution in [0.4, 0.5) is 0 Å². The summed E-state index contributed by atoms with van der Waals surface area (Å²) in [7, 11) is 0. The quantitative estimate of drug-likeness (QED) is 0.673. The monoisotopic (exact) mass is 430 g/mol. The average Bonchev–Trinajstić information content (AvgIpc) is 3.12. The van der Waals surface area contributed by atoms with Crippen LogP contribution < -0.4 is 5.73 Å². The molecule has 1 amide bonds. The van der Waals surface area contributed by atoms with Crippen LogP contribution >= 0.6 is 47.4 Å². The Morgan fingerprint density at radius 3 is 2.62 bits per heavy atom. The molecule has 0 bridgehead atoms. The van der Waals surface area contributed by atoms with E-state index in [1.807, 2.05) is 41.3 Å². The number of amides is 1. The number of nitrogens with two attached hydrogens (primary N) is 1. The second-order valence-corrected chi connectivity index (χ2v) is 8.15. The third-order valence-corrected chi connectivity index (χ3v) is 6.37. The van der Waals surface area contributed by atoms with Crippen molar-refractivity contribution in [1.82, 2.24) is 4.90 Å². The van der Waals surface area contributed by atoms with Gasteiger partial charge >= 0.3 is 0 Å². The lowest BCUT2D eigenvalue weighted by atomic mass is 10.1. The van der Waals surface area contributed by atoms with E-state index in [2.05, 4.69) is 0 Å². The Kier molecular flexibility index (Phi) is 8.11. The summed E-state index contributed by atoms with van der Waals surface area (Å²) in [5, 5.41) is 0.855. The molecule has 0 radical (unpaired) electrons. The molecule has 140 valence electrons. The number of rotatable bonds is 5. The molecule has 3 nitrogen and oxygen atoms in total. The fraction of sp³-hybridized carbons (Fsp3) is 0.316. The van der Waals surface area contributed by atoms with Crippen molar-refractivity contribution in [2.45, 2.75) is 16.6 Å². The zero-order valence-electron chi connectivity index (χ0n) is 14.1. The lowest BCUT2D eigenvalue weighted by Gasteiger charge is -2.24. The summed E-state index contributed by atoms with van der Waals surface area (Å²) in [5.74, 6) is 0.489. The Morgan fingerprint density at radius 2 is 1.96 bits per heavy atom. The first kappa shape index (κ1) is 21.4. The molecule has 7 heteroatoms. The summed E-state index contributed by atoms with van der Waals surface area (Å²) < 4.78 is 0. The van der Waals surface area contributed by atoms with Crippen LogP contribution in [0, 0.1) is 5.92 Å². The van der Waals surface area contributed by atoms with E-state index in [0.29, 0.717) is 22.5 Å². The Hall–Kier alpha value is -0.910. The van der Waals surface area contributed by atoms with Crippen molar-refractivity contribution in [3.05, 3.63) is 64.1 Å². The molecule has 0 aromatic heterocycles. The van der Waals surface area contributed by atoms with E-state index in [-0.39, 0.29) is 23.6 Å². The van der Waals surface area contributed by atoms with E-state index in [1.54, 1.807) is 12.1 Å². The third kappa shape index (κ3) is 5.08. The molecule has 2 unspecified atom stereocenters. The van der Waals surface area contributed by atoms with Gasteiger partial charge in [0.1, 0.15) is 5.25 Å². The molecule has 26 heavy (non-hydrogen) atoms. The molecule has 0 spiro atoms. The second-order valence-electron chi connectivity index (χ2n) is 6.16. The van der Waals surface area contributed by atoms with Gasteiger partial charge in [0.2, 0.25) is 5.91 Å². The number of likely N-dealkylation sites (tertiary alicyclic amines) is 1. The number of hydrogen-bond acceptors (Lipinski definition) is 3. The van der Waals surface area contributed by atoms with Gasteiger partial charge in [0, 0.05) is 23.0 Å². The standard InChI is InChI=1S/C19H20Cl2N2OS.ClH/c20-15-6-7-16(21)17(10-15)25-18(14-4-2-1-3-5-14)19(24)23-9-8-13(11-22)12-23;/h1-7,10,13,18H,8-9,11-12,22H2;1H. The topological polar surface area (TPSA) is 46.3 Å². The molecule has 0 aliphatic carbocycles. The van der Waals surface area contributed by atoms with Crippen molar-refractivity contribution in [3.8, 4) is 0 Å². The van der Waals surface area contributed by atoms with E-state index in [4.69, 9.17) is 28.9 Å². The molecule has 3 rings (SSSR count). The van der Waals surface area contributed by atoms with Crippen molar-refractivity contribution in [2.75, 3.05) is 19.6 Å². The van der Waals surface area contributed by atoms with Crippen LogP contribution in [0.2, 0.25) is 10.0 Å². The maximum Gasteiger partial charge on any atom is 0.240 e. The van der Waals surface area contributed by atoms with Gasteiger partial charge in [-0.2, -0.15) is 0 Å². The first-order valence-electron chi connectivity index (χ1n) is 8.24. The van der Waals surface area contributed by atoms with Gasteiger partial charge in [0.05, 0.1) is 5.02 Å². The van der Waals surface area contributed by atoms with Crippen LogP contribution in [0.5, 0.6) is 0 Å². The predicted octanol–water partition coefficient (Wildman–Crippen LogP) is 5.06. The molecule has 1 saturated heterocycles. The molecule has 1 aliphatic rings. The van der Waals surface area contributed by atoms with Crippen LogP contribution in [-0.4, -0.2) is 30.4 Å². The largest absolute Gasteiger partial charge is 0.341 e. The molecule has 0 saturated carbocycles. The SMILES string of the molecule is Cl.NCC1CCN(C(=O)C(Sc2cc(Cl)ccc2Cl)c2ccccc2)C1. The van der Waals surface area contributed by atoms with Gasteiger partial charge in [0.15, 0.2) is 0 Å². The minimum absolute atomic E-state index is 0. The maximum atomic E-state index is 13.2. The van der Waals surface area contributed by atoms with Gasteiger partial charge in [-0.3, -0.25) is 4.79 Å². The fourth-order valence-electron chi connectivity index (χ4n) is 2.97. The summed E-state index contributed by atoms with van der Waals surface area (Å²) in [4.78, 5) is 15.9. The molecule has 1 aliphatic heterocycles. The molecule has 2 aromatic carbocycles. The van der Waals surface area contributed by atoms with E-state index in [1.165, 1.54) is 11.8 Å². The molecule has 1 heterocycles. The first-order chi connectivity index (χ1) is 12.1. The number of thioether (sulfide) groups is 1. The van der Waals surface area contributed by atoms with Crippen molar-refractivity contribution in [3.63, 3.8) is 0 Å². The van der Waals surface area contributed by atoms with E-state index in [9.17, 15) is 4.79 Å². The lowest BCUT2D eigenvalue weighted by Crippen LogP contribution is -2.33. The number of halogens is 3. The van der Waals surface area contributed by atoms with E-state index < -0.39 is 0 Å². The smallest absolute Gasteiger partial charge is 0.240 e. The van der Waals surface area contributed by atoms with Crippen molar-refractivity contribution in [2.24, 2.45) is 11.7 Å². The Morgan fingerprint density at radius 1 is 1.23 bits per heavy atom. The van der Waals surface area contributed by atoms with Gasteiger partial charge in [-0.1, -0.05) is 53.5 Å². The molecule has 2 aromatic rings. The maximum absolute atomic E-state index is 13.2. The lowest BCUT2D eigenvalue weighted by molar-refractivity contribution is -0.129. The minimum Gasteiger partial charge on any atom is -0.341 e. The summed E-state index contributed by atoms with van der Waals surface area (Å²) in [6.07, 6.45) is 0.965. The van der Waals surface area contributed by atoms with Crippen molar-refractivity contribution in [1.29, 1.82) is 0 Å².